The van der Waals surface area contributed by atoms with Crippen LogP contribution in [0.25, 0.3) is 0 Å². The first-order chi connectivity index (χ1) is 12.8. The zero-order valence-corrected chi connectivity index (χ0v) is 16.1. The Bertz CT molecular complexity index is 852. The average molecular weight is 394 g/mol. The summed E-state index contributed by atoms with van der Waals surface area (Å²) in [5.41, 5.74) is 0.794. The van der Waals surface area contributed by atoms with E-state index in [1.54, 1.807) is 31.3 Å². The number of nitrogens with one attached hydrogen (secondary N) is 1. The third-order valence-electron chi connectivity index (χ3n) is 3.83. The molecule has 2 rings (SSSR count). The number of rotatable bonds is 9. The van der Waals surface area contributed by atoms with Gasteiger partial charge in [-0.25, -0.2) is 17.5 Å². The number of carbonyl (C=O) groups excluding carboxylic acids is 1. The van der Waals surface area contributed by atoms with Crippen LogP contribution < -0.4 is 9.46 Å². The fraction of sp³-hybridized carbons (Fsp3) is 0.316. The van der Waals surface area contributed by atoms with Crippen LogP contribution in [-0.4, -0.2) is 39.4 Å². The number of hydrogen-bond donors (Lipinski definition) is 1. The number of hydrogen-bond acceptors (Lipinski definition) is 4. The smallest absolute Gasteiger partial charge is 0.240 e. The van der Waals surface area contributed by atoms with Gasteiger partial charge in [0.05, 0.1) is 11.5 Å². The molecule has 0 bridgehead atoms. The van der Waals surface area contributed by atoms with Crippen molar-refractivity contribution in [1.82, 2.24) is 9.62 Å². The van der Waals surface area contributed by atoms with Gasteiger partial charge in [-0.1, -0.05) is 12.1 Å². The molecule has 0 saturated heterocycles. The van der Waals surface area contributed by atoms with E-state index < -0.39 is 10.0 Å². The Morgan fingerprint density at radius 3 is 2.33 bits per heavy atom. The van der Waals surface area contributed by atoms with Gasteiger partial charge in [-0.05, 0) is 48.9 Å². The number of nitrogens with zero attached hydrogens (tertiary/aromatic N) is 1. The van der Waals surface area contributed by atoms with Crippen molar-refractivity contribution in [3.05, 3.63) is 59.9 Å². The molecule has 6 nitrogen and oxygen atoms in total. The van der Waals surface area contributed by atoms with Crippen molar-refractivity contribution in [2.24, 2.45) is 0 Å². The van der Waals surface area contributed by atoms with E-state index in [2.05, 4.69) is 4.72 Å². The molecule has 0 fully saturated rings. The molecule has 8 heteroatoms. The van der Waals surface area contributed by atoms with Gasteiger partial charge in [0.15, 0.2) is 0 Å². The van der Waals surface area contributed by atoms with Crippen molar-refractivity contribution >= 4 is 15.9 Å². The zero-order chi connectivity index (χ0) is 19.9. The first kappa shape index (κ1) is 20.9. The van der Waals surface area contributed by atoms with Gasteiger partial charge in [0.1, 0.15) is 11.6 Å². The maximum absolute atomic E-state index is 12.9. The molecule has 0 aliphatic heterocycles. The van der Waals surface area contributed by atoms with Crippen molar-refractivity contribution < 1.29 is 22.3 Å². The summed E-state index contributed by atoms with van der Waals surface area (Å²) in [5.74, 6) is 0.0409. The summed E-state index contributed by atoms with van der Waals surface area (Å²) < 4.78 is 45.1. The second-order valence-electron chi connectivity index (χ2n) is 5.93. The molecule has 0 heterocycles. The zero-order valence-electron chi connectivity index (χ0n) is 15.3. The lowest BCUT2D eigenvalue weighted by atomic mass is 10.2. The van der Waals surface area contributed by atoms with Gasteiger partial charge in [-0.3, -0.25) is 4.79 Å². The molecular weight excluding hydrogens is 371 g/mol. The number of benzene rings is 2. The van der Waals surface area contributed by atoms with Gasteiger partial charge in [0, 0.05) is 26.6 Å². The molecule has 0 saturated carbocycles. The molecule has 0 aliphatic carbocycles. The van der Waals surface area contributed by atoms with Gasteiger partial charge in [-0.2, -0.15) is 0 Å². The quantitative estimate of drug-likeness (QED) is 0.709. The molecule has 27 heavy (non-hydrogen) atoms. The Hall–Kier alpha value is -2.45. The Balaban J connectivity index is 1.84. The lowest BCUT2D eigenvalue weighted by molar-refractivity contribution is -0.130. The van der Waals surface area contributed by atoms with E-state index in [-0.39, 0.29) is 29.6 Å². The fourth-order valence-corrected chi connectivity index (χ4v) is 3.43. The molecule has 2 aromatic carbocycles. The van der Waals surface area contributed by atoms with Gasteiger partial charge in [-0.15, -0.1) is 0 Å². The van der Waals surface area contributed by atoms with Gasteiger partial charge >= 0.3 is 0 Å². The molecule has 0 aliphatic rings. The molecule has 2 aromatic rings. The van der Waals surface area contributed by atoms with Crippen LogP contribution in [0.5, 0.6) is 5.75 Å². The maximum atomic E-state index is 12.9. The van der Waals surface area contributed by atoms with Crippen LogP contribution in [0.15, 0.2) is 53.4 Å². The predicted molar refractivity (Wildman–Crippen MR) is 100 cm³/mol. The van der Waals surface area contributed by atoms with Gasteiger partial charge in [0.2, 0.25) is 15.9 Å². The first-order valence-corrected chi connectivity index (χ1v) is 10.0. The third-order valence-corrected chi connectivity index (χ3v) is 5.31. The van der Waals surface area contributed by atoms with Crippen molar-refractivity contribution in [2.75, 3.05) is 20.2 Å². The Kier molecular flexibility index (Phi) is 7.32. The second-order valence-corrected chi connectivity index (χ2v) is 7.70. The highest BCUT2D eigenvalue weighted by Gasteiger charge is 2.15. The molecule has 0 aromatic heterocycles. The highest BCUT2D eigenvalue weighted by Crippen LogP contribution is 2.15. The van der Waals surface area contributed by atoms with E-state index in [4.69, 9.17) is 4.74 Å². The number of halogens is 1. The van der Waals surface area contributed by atoms with Crippen LogP contribution in [0, 0.1) is 5.82 Å². The first-order valence-electron chi connectivity index (χ1n) is 8.53. The number of sulfonamides is 1. The van der Waals surface area contributed by atoms with Crippen molar-refractivity contribution in [1.29, 1.82) is 0 Å². The third kappa shape index (κ3) is 6.33. The molecule has 0 atom stereocenters. The minimum absolute atomic E-state index is 0.0118. The minimum atomic E-state index is -3.69. The van der Waals surface area contributed by atoms with E-state index in [1.807, 2.05) is 6.92 Å². The lowest BCUT2D eigenvalue weighted by Crippen LogP contribution is -2.31. The largest absolute Gasteiger partial charge is 0.494 e. The average Bonchev–Trinajstić information content (AvgIpc) is 2.64. The normalized spacial score (nSPS) is 11.2. The van der Waals surface area contributed by atoms with Crippen LogP contribution in [0.1, 0.15) is 18.9 Å². The van der Waals surface area contributed by atoms with Gasteiger partial charge < -0.3 is 9.64 Å². The Morgan fingerprint density at radius 1 is 1.11 bits per heavy atom. The summed E-state index contributed by atoms with van der Waals surface area (Å²) in [5, 5.41) is 0. The van der Waals surface area contributed by atoms with Crippen LogP contribution in [0.2, 0.25) is 0 Å². The maximum Gasteiger partial charge on any atom is 0.240 e. The van der Waals surface area contributed by atoms with Crippen molar-refractivity contribution in [3.63, 3.8) is 0 Å². The topological polar surface area (TPSA) is 75.7 Å². The molecule has 1 amide bonds. The molecule has 0 spiro atoms. The number of carbonyl (C=O) groups is 1. The molecule has 146 valence electrons. The number of ether oxygens (including phenoxy) is 1. The van der Waals surface area contributed by atoms with E-state index in [1.165, 1.54) is 29.2 Å². The molecule has 0 unspecified atom stereocenters. The van der Waals surface area contributed by atoms with Gasteiger partial charge in [0.25, 0.3) is 0 Å². The molecule has 0 radical (unpaired) electrons. The van der Waals surface area contributed by atoms with Crippen LogP contribution in [0.3, 0.4) is 0 Å². The summed E-state index contributed by atoms with van der Waals surface area (Å²) in [6.07, 6.45) is 0.0218. The summed E-state index contributed by atoms with van der Waals surface area (Å²) in [4.78, 5) is 13.7. The minimum Gasteiger partial charge on any atom is -0.494 e. The molecular formula is C19H23FN2O4S. The van der Waals surface area contributed by atoms with Crippen LogP contribution >= 0.6 is 0 Å². The van der Waals surface area contributed by atoms with E-state index in [9.17, 15) is 17.6 Å². The van der Waals surface area contributed by atoms with E-state index >= 15 is 0 Å². The Morgan fingerprint density at radius 2 is 1.74 bits per heavy atom. The SMILES string of the molecule is CCOc1ccc(S(=O)(=O)NCCC(=O)N(C)Cc2ccc(F)cc2)cc1. The van der Waals surface area contributed by atoms with Crippen LogP contribution in [0.4, 0.5) is 4.39 Å². The van der Waals surface area contributed by atoms with E-state index in [0.29, 0.717) is 18.9 Å². The predicted octanol–water partition coefficient (Wildman–Crippen LogP) is 2.55. The summed E-state index contributed by atoms with van der Waals surface area (Å²) in [7, 11) is -2.08. The number of amides is 1. The Labute approximate surface area is 159 Å². The fourth-order valence-electron chi connectivity index (χ4n) is 2.40. The summed E-state index contributed by atoms with van der Waals surface area (Å²) >= 11 is 0. The van der Waals surface area contributed by atoms with Crippen molar-refractivity contribution in [3.8, 4) is 5.75 Å². The standard InChI is InChI=1S/C19H23FN2O4S/c1-3-26-17-8-10-18(11-9-17)27(24,25)21-13-12-19(23)22(2)14-15-4-6-16(20)7-5-15/h4-11,21H,3,12-14H2,1-2H3. The summed E-state index contributed by atoms with van der Waals surface area (Å²) in [6.45, 7) is 2.65. The second kappa shape index (κ2) is 9.48. The van der Waals surface area contributed by atoms with E-state index in [0.717, 1.165) is 5.56 Å². The highest BCUT2D eigenvalue weighted by atomic mass is 32.2. The summed E-state index contributed by atoms with van der Waals surface area (Å²) in [6, 6.07) is 11.9. The monoisotopic (exact) mass is 394 g/mol. The van der Waals surface area contributed by atoms with Crippen molar-refractivity contribution in [2.45, 2.75) is 24.8 Å². The molecule has 1 N–H and O–H groups in total. The lowest BCUT2D eigenvalue weighted by Gasteiger charge is -2.17. The highest BCUT2D eigenvalue weighted by molar-refractivity contribution is 7.89. The van der Waals surface area contributed by atoms with Crippen LogP contribution in [-0.2, 0) is 21.4 Å².